The second-order valence-corrected chi connectivity index (χ2v) is 6.78. The summed E-state index contributed by atoms with van der Waals surface area (Å²) < 4.78 is 5.78. The predicted molar refractivity (Wildman–Crippen MR) is 102 cm³/mol. The molecule has 0 spiro atoms. The summed E-state index contributed by atoms with van der Waals surface area (Å²) in [6, 6.07) is 16.5. The second-order valence-electron chi connectivity index (χ2n) is 6.78. The molecule has 2 aromatic rings. The number of para-hydroxylation sites is 1. The van der Waals surface area contributed by atoms with E-state index < -0.39 is 5.97 Å². The first-order valence-corrected chi connectivity index (χ1v) is 9.11. The molecule has 3 N–H and O–H groups in total. The maximum absolute atomic E-state index is 12.6. The first-order chi connectivity index (χ1) is 13.0. The maximum Gasteiger partial charge on any atom is 0.315 e. The summed E-state index contributed by atoms with van der Waals surface area (Å²) in [7, 11) is 0. The van der Waals surface area contributed by atoms with Crippen LogP contribution in [0.2, 0.25) is 0 Å². The maximum atomic E-state index is 12.6. The molecule has 0 saturated carbocycles. The van der Waals surface area contributed by atoms with Gasteiger partial charge in [-0.15, -0.1) is 0 Å². The Hall–Kier alpha value is -3.02. The fourth-order valence-corrected chi connectivity index (χ4v) is 3.35. The van der Waals surface area contributed by atoms with E-state index in [0.29, 0.717) is 12.8 Å². The van der Waals surface area contributed by atoms with Crippen molar-refractivity contribution < 1.29 is 19.4 Å². The first kappa shape index (κ1) is 18.8. The number of ether oxygens (including phenoxy) is 1. The molecule has 1 aliphatic rings. The molecule has 2 aromatic carbocycles. The average molecular weight is 368 g/mol. The highest BCUT2D eigenvalue weighted by atomic mass is 16.5. The Kier molecular flexibility index (Phi) is 5.96. The smallest absolute Gasteiger partial charge is 0.315 e. The van der Waals surface area contributed by atoms with Crippen molar-refractivity contribution in [3.05, 3.63) is 65.7 Å². The van der Waals surface area contributed by atoms with Gasteiger partial charge in [-0.05, 0) is 31.4 Å². The van der Waals surface area contributed by atoms with Crippen molar-refractivity contribution in [2.45, 2.75) is 44.4 Å². The molecule has 0 saturated heterocycles. The van der Waals surface area contributed by atoms with Gasteiger partial charge < -0.3 is 20.5 Å². The third-order valence-corrected chi connectivity index (χ3v) is 4.69. The summed E-state index contributed by atoms with van der Waals surface area (Å²) >= 11 is 0. The largest absolute Gasteiger partial charge is 0.488 e. The zero-order valence-electron chi connectivity index (χ0n) is 15.2. The number of carboxylic acids is 1. The molecular formula is C21H24N2O4. The van der Waals surface area contributed by atoms with E-state index >= 15 is 0 Å². The zero-order valence-corrected chi connectivity index (χ0v) is 15.2. The Morgan fingerprint density at radius 3 is 2.56 bits per heavy atom. The molecule has 3 rings (SSSR count). The Labute approximate surface area is 158 Å². The van der Waals surface area contributed by atoms with Crippen molar-refractivity contribution in [2.75, 3.05) is 0 Å². The second kappa shape index (κ2) is 8.58. The monoisotopic (exact) mass is 368 g/mol. The number of hydrogen-bond donors (Lipinski definition) is 3. The molecule has 3 atom stereocenters. The molecule has 0 aliphatic carbocycles. The number of carbonyl (C=O) groups excluding carboxylic acids is 1. The number of benzene rings is 2. The van der Waals surface area contributed by atoms with E-state index in [0.717, 1.165) is 16.9 Å². The summed E-state index contributed by atoms with van der Waals surface area (Å²) in [4.78, 5) is 23.5. The van der Waals surface area contributed by atoms with Crippen molar-refractivity contribution in [3.8, 4) is 5.75 Å². The number of carbonyl (C=O) groups is 2. The predicted octanol–water partition coefficient (Wildman–Crippen LogP) is 3.28. The lowest BCUT2D eigenvalue weighted by atomic mass is 10.0. The van der Waals surface area contributed by atoms with Gasteiger partial charge in [-0.1, -0.05) is 48.5 Å². The van der Waals surface area contributed by atoms with Crippen molar-refractivity contribution in [1.82, 2.24) is 10.6 Å². The van der Waals surface area contributed by atoms with Gasteiger partial charge in [0.2, 0.25) is 0 Å². The number of urea groups is 1. The molecule has 1 heterocycles. The minimum atomic E-state index is -0.873. The molecule has 0 bridgehead atoms. The topological polar surface area (TPSA) is 87.7 Å². The van der Waals surface area contributed by atoms with Gasteiger partial charge in [0, 0.05) is 18.0 Å². The van der Waals surface area contributed by atoms with Gasteiger partial charge in [-0.25, -0.2) is 4.79 Å². The number of aliphatic carboxylic acids is 1. The van der Waals surface area contributed by atoms with Gasteiger partial charge in [0.05, 0.1) is 6.04 Å². The Balaban J connectivity index is 1.64. The summed E-state index contributed by atoms with van der Waals surface area (Å²) in [6.07, 6.45) is 0.781. The van der Waals surface area contributed by atoms with E-state index in [1.54, 1.807) is 0 Å². The molecule has 2 amide bonds. The lowest BCUT2D eigenvalue weighted by Crippen LogP contribution is -2.46. The highest BCUT2D eigenvalue weighted by molar-refractivity contribution is 5.75. The van der Waals surface area contributed by atoms with Crippen LogP contribution in [0, 0.1) is 0 Å². The quantitative estimate of drug-likeness (QED) is 0.700. The summed E-state index contributed by atoms with van der Waals surface area (Å²) in [6.45, 7) is 1.91. The van der Waals surface area contributed by atoms with Gasteiger partial charge in [0.15, 0.2) is 0 Å². The van der Waals surface area contributed by atoms with Crippen LogP contribution in [0.1, 0.15) is 36.9 Å². The van der Waals surface area contributed by atoms with Crippen LogP contribution in [-0.2, 0) is 11.2 Å². The molecule has 142 valence electrons. The van der Waals surface area contributed by atoms with Crippen LogP contribution in [0.3, 0.4) is 0 Å². The lowest BCUT2D eigenvalue weighted by molar-refractivity contribution is -0.137. The zero-order chi connectivity index (χ0) is 19.2. The standard InChI is InChI=1S/C21H24N2O4/c1-14-20(17-9-5-6-10-18(17)27-14)23-21(26)22-16(11-12-19(24)25)13-15-7-3-2-4-8-15/h2-10,14,16,20H,11-13H2,1H3,(H,24,25)(H2,22,23,26). The van der Waals surface area contributed by atoms with E-state index in [2.05, 4.69) is 10.6 Å². The van der Waals surface area contributed by atoms with Crippen LogP contribution < -0.4 is 15.4 Å². The molecule has 3 unspecified atom stereocenters. The van der Waals surface area contributed by atoms with Crippen molar-refractivity contribution >= 4 is 12.0 Å². The van der Waals surface area contributed by atoms with Crippen LogP contribution in [0.4, 0.5) is 4.79 Å². The molecule has 0 aromatic heterocycles. The molecule has 0 radical (unpaired) electrons. The molecule has 0 fully saturated rings. The molecular weight excluding hydrogens is 344 g/mol. The Morgan fingerprint density at radius 1 is 1.11 bits per heavy atom. The molecule has 6 nitrogen and oxygen atoms in total. The SMILES string of the molecule is CC1Oc2ccccc2C1NC(=O)NC(CCC(=O)O)Cc1ccccc1. The summed E-state index contributed by atoms with van der Waals surface area (Å²) in [5.41, 5.74) is 2.00. The fourth-order valence-electron chi connectivity index (χ4n) is 3.35. The number of fused-ring (bicyclic) bond motifs is 1. The number of hydrogen-bond acceptors (Lipinski definition) is 3. The van der Waals surface area contributed by atoms with Crippen LogP contribution >= 0.6 is 0 Å². The minimum Gasteiger partial charge on any atom is -0.488 e. The molecule has 1 aliphatic heterocycles. The number of carboxylic acid groups (broad SMARTS) is 1. The van der Waals surface area contributed by atoms with E-state index in [1.807, 2.05) is 61.5 Å². The molecule has 6 heteroatoms. The van der Waals surface area contributed by atoms with E-state index in [9.17, 15) is 9.59 Å². The number of rotatable bonds is 7. The third-order valence-electron chi connectivity index (χ3n) is 4.69. The third kappa shape index (κ3) is 5.00. The fraction of sp³-hybridized carbons (Fsp3) is 0.333. The van der Waals surface area contributed by atoms with Gasteiger partial charge in [0.1, 0.15) is 11.9 Å². The number of amides is 2. The van der Waals surface area contributed by atoms with Crippen LogP contribution in [0.15, 0.2) is 54.6 Å². The summed E-state index contributed by atoms with van der Waals surface area (Å²) in [5.74, 6) is -0.0935. The van der Waals surface area contributed by atoms with Crippen LogP contribution in [-0.4, -0.2) is 29.3 Å². The van der Waals surface area contributed by atoms with Crippen molar-refractivity contribution in [1.29, 1.82) is 0 Å². The average Bonchev–Trinajstić information content (AvgIpc) is 2.96. The molecule has 27 heavy (non-hydrogen) atoms. The van der Waals surface area contributed by atoms with Crippen molar-refractivity contribution in [2.24, 2.45) is 0 Å². The van der Waals surface area contributed by atoms with Gasteiger partial charge in [0.25, 0.3) is 0 Å². The number of nitrogens with one attached hydrogen (secondary N) is 2. The van der Waals surface area contributed by atoms with E-state index in [-0.39, 0.29) is 30.6 Å². The highest BCUT2D eigenvalue weighted by Gasteiger charge is 2.32. The Bertz CT molecular complexity index is 794. The Morgan fingerprint density at radius 2 is 1.81 bits per heavy atom. The van der Waals surface area contributed by atoms with Gasteiger partial charge in [-0.3, -0.25) is 4.79 Å². The minimum absolute atomic E-state index is 0.00353. The van der Waals surface area contributed by atoms with E-state index in [1.165, 1.54) is 0 Å². The normalized spacial score (nSPS) is 18.9. The van der Waals surface area contributed by atoms with Crippen LogP contribution in [0.5, 0.6) is 5.75 Å². The lowest BCUT2D eigenvalue weighted by Gasteiger charge is -2.22. The summed E-state index contributed by atoms with van der Waals surface area (Å²) in [5, 5.41) is 14.9. The van der Waals surface area contributed by atoms with Gasteiger partial charge >= 0.3 is 12.0 Å². The van der Waals surface area contributed by atoms with E-state index in [4.69, 9.17) is 9.84 Å². The highest BCUT2D eigenvalue weighted by Crippen LogP contribution is 2.35. The van der Waals surface area contributed by atoms with Gasteiger partial charge in [-0.2, -0.15) is 0 Å². The first-order valence-electron chi connectivity index (χ1n) is 9.11. The van der Waals surface area contributed by atoms with Crippen molar-refractivity contribution in [3.63, 3.8) is 0 Å². The van der Waals surface area contributed by atoms with Crippen LogP contribution in [0.25, 0.3) is 0 Å².